The molecule has 21 heavy (non-hydrogen) atoms. The van der Waals surface area contributed by atoms with Gasteiger partial charge < -0.3 is 9.67 Å². The van der Waals surface area contributed by atoms with E-state index in [0.717, 1.165) is 29.8 Å². The van der Waals surface area contributed by atoms with Crippen molar-refractivity contribution in [3.63, 3.8) is 0 Å². The van der Waals surface area contributed by atoms with Crippen LogP contribution in [0.1, 0.15) is 12.0 Å². The summed E-state index contributed by atoms with van der Waals surface area (Å²) in [6.07, 6.45) is 3.03. The molecule has 1 aromatic heterocycles. The van der Waals surface area contributed by atoms with Gasteiger partial charge in [0.25, 0.3) is 0 Å². The van der Waals surface area contributed by atoms with Gasteiger partial charge in [-0.2, -0.15) is 17.0 Å². The van der Waals surface area contributed by atoms with Gasteiger partial charge in [0, 0.05) is 6.54 Å². The molecule has 110 valence electrons. The predicted molar refractivity (Wildman–Crippen MR) is 85.8 cm³/mol. The largest absolute Gasteiger partial charge is 0.481 e. The zero-order valence-electron chi connectivity index (χ0n) is 11.6. The highest BCUT2D eigenvalue weighted by Crippen LogP contribution is 2.25. The Balaban J connectivity index is 2.37. The second-order valence-electron chi connectivity index (χ2n) is 4.39. The molecule has 0 aliphatic carbocycles. The van der Waals surface area contributed by atoms with Crippen LogP contribution in [-0.2, 0) is 11.3 Å². The average Bonchev–Trinajstić information content (AvgIpc) is 2.82. The average molecular weight is 321 g/mol. The van der Waals surface area contributed by atoms with E-state index in [0.29, 0.717) is 10.7 Å². The van der Waals surface area contributed by atoms with Crippen molar-refractivity contribution in [3.05, 3.63) is 23.8 Å². The number of aryl methyl sites for hydroxylation is 1. The Morgan fingerprint density at radius 3 is 3.00 bits per heavy atom. The number of carbonyl (C=O) groups is 1. The lowest BCUT2D eigenvalue weighted by atomic mass is 10.2. The van der Waals surface area contributed by atoms with Crippen molar-refractivity contribution in [2.45, 2.75) is 18.1 Å². The maximum Gasteiger partial charge on any atom is 0.313 e. The fourth-order valence-electron chi connectivity index (χ4n) is 1.99. The summed E-state index contributed by atoms with van der Waals surface area (Å²) in [6, 6.07) is 7.48. The first kappa shape index (κ1) is 15.7. The number of hydrogen-bond acceptors (Lipinski definition) is 5. The Labute approximate surface area is 131 Å². The molecular weight excluding hydrogens is 306 g/mol. The number of carboxylic acid groups (broad SMARTS) is 1. The molecule has 0 amide bonds. The van der Waals surface area contributed by atoms with Gasteiger partial charge in [0.15, 0.2) is 5.16 Å². The third-order valence-electron chi connectivity index (χ3n) is 2.90. The molecule has 1 aromatic carbocycles. The van der Waals surface area contributed by atoms with E-state index in [-0.39, 0.29) is 5.75 Å². The van der Waals surface area contributed by atoms with Gasteiger partial charge in [-0.3, -0.25) is 4.79 Å². The lowest BCUT2D eigenvalue weighted by Crippen LogP contribution is -2.04. The van der Waals surface area contributed by atoms with Crippen LogP contribution in [0.3, 0.4) is 0 Å². The van der Waals surface area contributed by atoms with E-state index in [1.54, 1.807) is 17.8 Å². The van der Waals surface area contributed by atoms with Crippen LogP contribution in [0, 0.1) is 11.3 Å². The maximum absolute atomic E-state index is 10.8. The lowest BCUT2D eigenvalue weighted by Gasteiger charge is -2.07. The van der Waals surface area contributed by atoms with Crippen LogP contribution >= 0.6 is 23.5 Å². The maximum atomic E-state index is 10.8. The van der Waals surface area contributed by atoms with Crippen LogP contribution in [0.15, 0.2) is 23.4 Å². The topological polar surface area (TPSA) is 78.9 Å². The number of hydrogen-bond donors (Lipinski definition) is 1. The van der Waals surface area contributed by atoms with Gasteiger partial charge in [0.2, 0.25) is 0 Å². The van der Waals surface area contributed by atoms with E-state index in [4.69, 9.17) is 10.4 Å². The number of fused-ring (bicyclic) bond motifs is 1. The molecule has 0 unspecified atom stereocenters. The van der Waals surface area contributed by atoms with Crippen LogP contribution in [0.4, 0.5) is 0 Å². The number of carboxylic acids is 1. The Morgan fingerprint density at radius 2 is 2.33 bits per heavy atom. The van der Waals surface area contributed by atoms with Crippen LogP contribution < -0.4 is 0 Å². The standard InChI is InChI=1S/C14H15N3O2S2/c1-20-6-2-5-17-12-7-10(8-15)3-4-11(12)16-14(17)21-9-13(18)19/h3-4,7H,2,5-6,9H2,1H3,(H,18,19). The third kappa shape index (κ3) is 3.93. The molecule has 0 saturated heterocycles. The minimum Gasteiger partial charge on any atom is -0.481 e. The molecule has 7 heteroatoms. The lowest BCUT2D eigenvalue weighted by molar-refractivity contribution is -0.133. The number of aliphatic carboxylic acids is 1. The van der Waals surface area contributed by atoms with Crippen molar-refractivity contribution < 1.29 is 9.90 Å². The smallest absolute Gasteiger partial charge is 0.313 e. The van der Waals surface area contributed by atoms with E-state index in [1.807, 2.05) is 16.7 Å². The summed E-state index contributed by atoms with van der Waals surface area (Å²) in [7, 11) is 0. The molecule has 0 radical (unpaired) electrons. The van der Waals surface area contributed by atoms with E-state index in [1.165, 1.54) is 11.8 Å². The minimum absolute atomic E-state index is 0.0169. The Morgan fingerprint density at radius 1 is 1.52 bits per heavy atom. The van der Waals surface area contributed by atoms with Gasteiger partial charge in [-0.1, -0.05) is 11.8 Å². The Bertz CT molecular complexity index is 691. The molecule has 1 N–H and O–H groups in total. The summed E-state index contributed by atoms with van der Waals surface area (Å²) in [5.41, 5.74) is 2.28. The second kappa shape index (κ2) is 7.38. The number of nitriles is 1. The highest BCUT2D eigenvalue weighted by atomic mass is 32.2. The second-order valence-corrected chi connectivity index (χ2v) is 6.32. The molecule has 2 rings (SSSR count). The Hall–Kier alpha value is -1.65. The van der Waals surface area contributed by atoms with Crippen molar-refractivity contribution in [2.24, 2.45) is 0 Å². The first-order chi connectivity index (χ1) is 10.2. The van der Waals surface area contributed by atoms with Gasteiger partial charge in [0.05, 0.1) is 28.4 Å². The van der Waals surface area contributed by atoms with Gasteiger partial charge in [-0.15, -0.1) is 0 Å². The molecule has 0 saturated carbocycles. The molecular formula is C14H15N3O2S2. The van der Waals surface area contributed by atoms with Crippen LogP contribution in [-0.4, -0.2) is 38.4 Å². The van der Waals surface area contributed by atoms with Crippen LogP contribution in [0.5, 0.6) is 0 Å². The first-order valence-electron chi connectivity index (χ1n) is 6.39. The van der Waals surface area contributed by atoms with Gasteiger partial charge in [-0.05, 0) is 36.6 Å². The monoisotopic (exact) mass is 321 g/mol. The summed E-state index contributed by atoms with van der Waals surface area (Å²) in [4.78, 5) is 15.2. The van der Waals surface area contributed by atoms with Crippen molar-refractivity contribution in [1.82, 2.24) is 9.55 Å². The molecule has 0 fully saturated rings. The van der Waals surface area contributed by atoms with E-state index >= 15 is 0 Å². The summed E-state index contributed by atoms with van der Waals surface area (Å²) in [5.74, 6) is 0.151. The first-order valence-corrected chi connectivity index (χ1v) is 8.77. The highest BCUT2D eigenvalue weighted by molar-refractivity contribution is 7.99. The molecule has 0 spiro atoms. The highest BCUT2D eigenvalue weighted by Gasteiger charge is 2.13. The van der Waals surface area contributed by atoms with Gasteiger partial charge >= 0.3 is 5.97 Å². The van der Waals surface area contributed by atoms with E-state index in [9.17, 15) is 4.79 Å². The zero-order valence-corrected chi connectivity index (χ0v) is 13.2. The van der Waals surface area contributed by atoms with Crippen molar-refractivity contribution >= 4 is 40.5 Å². The van der Waals surface area contributed by atoms with Crippen LogP contribution in [0.2, 0.25) is 0 Å². The van der Waals surface area contributed by atoms with Crippen molar-refractivity contribution in [1.29, 1.82) is 5.26 Å². The number of thioether (sulfide) groups is 2. The molecule has 1 heterocycles. The summed E-state index contributed by atoms with van der Waals surface area (Å²) >= 11 is 2.99. The predicted octanol–water partition coefficient (Wildman–Crippen LogP) is 2.84. The zero-order chi connectivity index (χ0) is 15.2. The third-order valence-corrected chi connectivity index (χ3v) is 4.56. The van der Waals surface area contributed by atoms with Gasteiger partial charge in [-0.25, -0.2) is 4.98 Å². The van der Waals surface area contributed by atoms with E-state index < -0.39 is 5.97 Å². The van der Waals surface area contributed by atoms with E-state index in [2.05, 4.69) is 17.3 Å². The number of rotatable bonds is 7. The summed E-state index contributed by atoms with van der Waals surface area (Å²) in [6.45, 7) is 0.772. The normalized spacial score (nSPS) is 10.7. The molecule has 0 aliphatic heterocycles. The van der Waals surface area contributed by atoms with Crippen molar-refractivity contribution in [2.75, 3.05) is 17.8 Å². The number of aromatic nitrogens is 2. The van der Waals surface area contributed by atoms with Gasteiger partial charge in [0.1, 0.15) is 0 Å². The number of imidazole rings is 1. The van der Waals surface area contributed by atoms with Crippen LogP contribution in [0.25, 0.3) is 11.0 Å². The molecule has 0 aliphatic rings. The molecule has 2 aromatic rings. The quantitative estimate of drug-likeness (QED) is 0.624. The fourth-order valence-corrected chi connectivity index (χ4v) is 3.17. The summed E-state index contributed by atoms with van der Waals surface area (Å²) < 4.78 is 2.01. The summed E-state index contributed by atoms with van der Waals surface area (Å²) in [5, 5.41) is 18.5. The SMILES string of the molecule is CSCCCn1c(SCC(=O)O)nc2ccc(C#N)cc21. The molecule has 5 nitrogen and oxygen atoms in total. The fraction of sp³-hybridized carbons (Fsp3) is 0.357. The minimum atomic E-state index is -0.861. The molecule has 0 bridgehead atoms. The number of nitrogens with zero attached hydrogens (tertiary/aromatic N) is 3. The molecule has 0 atom stereocenters. The number of benzene rings is 1. The Kier molecular flexibility index (Phi) is 5.53. The van der Waals surface area contributed by atoms with Crippen molar-refractivity contribution in [3.8, 4) is 6.07 Å².